The highest BCUT2D eigenvalue weighted by Gasteiger charge is 2.26. The first-order valence-electron chi connectivity index (χ1n) is 9.10. The first-order chi connectivity index (χ1) is 13.0. The van der Waals surface area contributed by atoms with Gasteiger partial charge in [-0.25, -0.2) is 0 Å². The summed E-state index contributed by atoms with van der Waals surface area (Å²) in [6.07, 6.45) is 4.59. The SMILES string of the molecule is Cn1ccc(CC(=O)N2CCN(C(=O)c3ccc4c(c3)CC(=O)N4)CC2)c1. The average Bonchev–Trinajstić information content (AvgIpc) is 3.24. The summed E-state index contributed by atoms with van der Waals surface area (Å²) in [4.78, 5) is 40.3. The topological polar surface area (TPSA) is 74.7 Å². The van der Waals surface area contributed by atoms with Crippen molar-refractivity contribution in [2.24, 2.45) is 7.05 Å². The van der Waals surface area contributed by atoms with E-state index in [1.807, 2.05) is 35.0 Å². The second-order valence-electron chi connectivity index (χ2n) is 7.13. The zero-order valence-electron chi connectivity index (χ0n) is 15.3. The van der Waals surface area contributed by atoms with Crippen molar-refractivity contribution in [1.29, 1.82) is 0 Å². The van der Waals surface area contributed by atoms with Crippen LogP contribution < -0.4 is 5.32 Å². The Balaban J connectivity index is 1.35. The second-order valence-corrected chi connectivity index (χ2v) is 7.13. The van der Waals surface area contributed by atoms with E-state index in [-0.39, 0.29) is 17.7 Å². The van der Waals surface area contributed by atoms with Gasteiger partial charge in [-0.1, -0.05) is 0 Å². The van der Waals surface area contributed by atoms with E-state index in [1.165, 1.54) is 0 Å². The maximum absolute atomic E-state index is 12.8. The lowest BCUT2D eigenvalue weighted by Gasteiger charge is -2.35. The van der Waals surface area contributed by atoms with Crippen LogP contribution in [0.4, 0.5) is 5.69 Å². The van der Waals surface area contributed by atoms with Crippen LogP contribution in [-0.4, -0.2) is 58.3 Å². The van der Waals surface area contributed by atoms with Crippen molar-refractivity contribution < 1.29 is 14.4 Å². The molecule has 140 valence electrons. The fraction of sp³-hybridized carbons (Fsp3) is 0.350. The number of nitrogens with zero attached hydrogens (tertiary/aromatic N) is 3. The van der Waals surface area contributed by atoms with Crippen LogP contribution in [0.3, 0.4) is 0 Å². The van der Waals surface area contributed by atoms with Gasteiger partial charge in [-0.15, -0.1) is 0 Å². The molecule has 0 saturated carbocycles. The molecule has 2 aliphatic rings. The predicted octanol–water partition coefficient (Wildman–Crippen LogP) is 1.05. The van der Waals surface area contributed by atoms with Crippen LogP contribution in [0.15, 0.2) is 36.7 Å². The summed E-state index contributed by atoms with van der Waals surface area (Å²) >= 11 is 0. The van der Waals surface area contributed by atoms with Crippen molar-refractivity contribution in [3.8, 4) is 0 Å². The second kappa shape index (κ2) is 6.90. The number of fused-ring (bicyclic) bond motifs is 1. The lowest BCUT2D eigenvalue weighted by Crippen LogP contribution is -2.51. The molecule has 3 amide bonds. The minimum absolute atomic E-state index is 0.0415. The number of amides is 3. The molecular formula is C20H22N4O3. The third-order valence-electron chi connectivity index (χ3n) is 5.15. The molecule has 0 radical (unpaired) electrons. The minimum atomic E-state index is -0.0488. The van der Waals surface area contributed by atoms with E-state index in [0.717, 1.165) is 16.8 Å². The van der Waals surface area contributed by atoms with Gasteiger partial charge in [0, 0.05) is 56.9 Å². The molecule has 2 aliphatic heterocycles. The van der Waals surface area contributed by atoms with Gasteiger partial charge in [0.1, 0.15) is 0 Å². The van der Waals surface area contributed by atoms with E-state index in [0.29, 0.717) is 44.6 Å². The van der Waals surface area contributed by atoms with Crippen LogP contribution in [0.2, 0.25) is 0 Å². The van der Waals surface area contributed by atoms with Crippen LogP contribution in [0.1, 0.15) is 21.5 Å². The number of hydrogen-bond donors (Lipinski definition) is 1. The van der Waals surface area contributed by atoms with Gasteiger partial charge >= 0.3 is 0 Å². The molecule has 4 rings (SSSR count). The Morgan fingerprint density at radius 2 is 1.81 bits per heavy atom. The number of carbonyl (C=O) groups excluding carboxylic acids is 3. The zero-order chi connectivity index (χ0) is 19.0. The Kier molecular flexibility index (Phi) is 4.43. The molecule has 0 spiro atoms. The molecule has 1 saturated heterocycles. The summed E-state index contributed by atoms with van der Waals surface area (Å²) in [5, 5.41) is 2.77. The lowest BCUT2D eigenvalue weighted by atomic mass is 10.1. The largest absolute Gasteiger partial charge is 0.357 e. The summed E-state index contributed by atoms with van der Waals surface area (Å²) in [5.41, 5.74) is 3.24. The fourth-order valence-electron chi connectivity index (χ4n) is 3.66. The number of rotatable bonds is 3. The van der Waals surface area contributed by atoms with Crippen LogP contribution in [0.25, 0.3) is 0 Å². The quantitative estimate of drug-likeness (QED) is 0.882. The Labute approximate surface area is 157 Å². The van der Waals surface area contributed by atoms with Gasteiger partial charge in [0.05, 0.1) is 12.8 Å². The van der Waals surface area contributed by atoms with Crippen molar-refractivity contribution >= 4 is 23.4 Å². The summed E-state index contributed by atoms with van der Waals surface area (Å²) in [7, 11) is 1.93. The summed E-state index contributed by atoms with van der Waals surface area (Å²) in [6.45, 7) is 2.13. The van der Waals surface area contributed by atoms with Gasteiger partial charge in [-0.3, -0.25) is 14.4 Å². The van der Waals surface area contributed by atoms with E-state index in [4.69, 9.17) is 0 Å². The molecular weight excluding hydrogens is 344 g/mol. The number of benzene rings is 1. The fourth-order valence-corrected chi connectivity index (χ4v) is 3.66. The lowest BCUT2D eigenvalue weighted by molar-refractivity contribution is -0.131. The van der Waals surface area contributed by atoms with Gasteiger partial charge < -0.3 is 19.7 Å². The van der Waals surface area contributed by atoms with E-state index in [2.05, 4.69) is 5.32 Å². The highest BCUT2D eigenvalue weighted by molar-refractivity contribution is 6.01. The smallest absolute Gasteiger partial charge is 0.253 e. The van der Waals surface area contributed by atoms with E-state index >= 15 is 0 Å². The standard InChI is InChI=1S/C20H22N4O3/c1-22-5-4-14(13-22)10-19(26)23-6-8-24(9-7-23)20(27)15-2-3-17-16(11-15)12-18(25)21-17/h2-5,11,13H,6-10,12H2,1H3,(H,21,25). The van der Waals surface area contributed by atoms with E-state index in [1.54, 1.807) is 23.1 Å². The molecule has 0 atom stereocenters. The molecule has 1 aromatic carbocycles. The molecule has 27 heavy (non-hydrogen) atoms. The summed E-state index contributed by atoms with van der Waals surface area (Å²) in [5.74, 6) is 0.00265. The van der Waals surface area contributed by atoms with E-state index in [9.17, 15) is 14.4 Å². The third kappa shape index (κ3) is 3.58. The number of carbonyl (C=O) groups is 3. The summed E-state index contributed by atoms with van der Waals surface area (Å²) < 4.78 is 1.93. The normalized spacial score (nSPS) is 16.3. The van der Waals surface area contributed by atoms with Crippen molar-refractivity contribution in [3.05, 3.63) is 53.3 Å². The Bertz CT molecular complexity index is 910. The number of piperazine rings is 1. The van der Waals surface area contributed by atoms with Crippen LogP contribution in [0, 0.1) is 0 Å². The van der Waals surface area contributed by atoms with Gasteiger partial charge in [0.2, 0.25) is 11.8 Å². The average molecular weight is 366 g/mol. The minimum Gasteiger partial charge on any atom is -0.357 e. The maximum Gasteiger partial charge on any atom is 0.253 e. The van der Waals surface area contributed by atoms with Gasteiger partial charge in [0.15, 0.2) is 0 Å². The highest BCUT2D eigenvalue weighted by Crippen LogP contribution is 2.24. The van der Waals surface area contributed by atoms with Crippen LogP contribution in [-0.2, 0) is 29.5 Å². The number of aryl methyl sites for hydroxylation is 1. The Hall–Kier alpha value is -3.09. The number of aromatic nitrogens is 1. The Morgan fingerprint density at radius 1 is 1.07 bits per heavy atom. The maximum atomic E-state index is 12.8. The van der Waals surface area contributed by atoms with Crippen LogP contribution >= 0.6 is 0 Å². The molecule has 7 nitrogen and oxygen atoms in total. The van der Waals surface area contributed by atoms with Crippen molar-refractivity contribution in [1.82, 2.24) is 14.4 Å². The molecule has 1 aromatic heterocycles. The first-order valence-corrected chi connectivity index (χ1v) is 9.10. The predicted molar refractivity (Wildman–Crippen MR) is 100 cm³/mol. The van der Waals surface area contributed by atoms with Crippen LogP contribution in [0.5, 0.6) is 0 Å². The first kappa shape index (κ1) is 17.3. The molecule has 2 aromatic rings. The molecule has 1 fully saturated rings. The summed E-state index contributed by atoms with van der Waals surface area (Å²) in [6, 6.07) is 7.28. The van der Waals surface area contributed by atoms with Gasteiger partial charge in [-0.05, 0) is 35.4 Å². The number of nitrogens with one attached hydrogen (secondary N) is 1. The molecule has 1 N–H and O–H groups in total. The monoisotopic (exact) mass is 366 g/mol. The third-order valence-corrected chi connectivity index (χ3v) is 5.15. The highest BCUT2D eigenvalue weighted by atomic mass is 16.2. The molecule has 3 heterocycles. The molecule has 7 heteroatoms. The van der Waals surface area contributed by atoms with E-state index < -0.39 is 0 Å². The number of anilines is 1. The molecule has 0 bridgehead atoms. The van der Waals surface area contributed by atoms with Crippen molar-refractivity contribution in [3.63, 3.8) is 0 Å². The Morgan fingerprint density at radius 3 is 2.52 bits per heavy atom. The van der Waals surface area contributed by atoms with Crippen molar-refractivity contribution in [2.75, 3.05) is 31.5 Å². The van der Waals surface area contributed by atoms with Crippen molar-refractivity contribution in [2.45, 2.75) is 12.8 Å². The molecule has 0 aliphatic carbocycles. The van der Waals surface area contributed by atoms with Gasteiger partial charge in [-0.2, -0.15) is 0 Å². The number of hydrogen-bond acceptors (Lipinski definition) is 3. The molecule has 0 unspecified atom stereocenters. The zero-order valence-corrected chi connectivity index (χ0v) is 15.3. The van der Waals surface area contributed by atoms with Gasteiger partial charge in [0.25, 0.3) is 5.91 Å².